The smallest absolute Gasteiger partial charge is 0.251 e. The third kappa shape index (κ3) is 2.19. The molecular formula is C16H19N5O. The highest BCUT2D eigenvalue weighted by atomic mass is 16.1. The van der Waals surface area contributed by atoms with Crippen LogP contribution in [0.2, 0.25) is 0 Å². The molecule has 1 amide bonds. The van der Waals surface area contributed by atoms with Gasteiger partial charge in [0.1, 0.15) is 0 Å². The fraction of sp³-hybridized carbons (Fsp3) is 0.500. The van der Waals surface area contributed by atoms with Crippen molar-refractivity contribution >= 4 is 5.91 Å². The molecule has 1 aromatic carbocycles. The van der Waals surface area contributed by atoms with E-state index in [1.807, 2.05) is 6.07 Å². The lowest BCUT2D eigenvalue weighted by molar-refractivity contribution is 0.0906. The van der Waals surface area contributed by atoms with Crippen molar-refractivity contribution in [2.24, 2.45) is 0 Å². The molecule has 0 atom stereocenters. The molecule has 1 aromatic heterocycles. The Kier molecular flexibility index (Phi) is 3.17. The number of rotatable bonds is 3. The molecule has 22 heavy (non-hydrogen) atoms. The minimum atomic E-state index is 0.0645. The summed E-state index contributed by atoms with van der Waals surface area (Å²) in [5, 5.41) is 17.2. The fourth-order valence-corrected chi connectivity index (χ4v) is 3.65. The molecule has 2 aliphatic rings. The highest BCUT2D eigenvalue weighted by Gasteiger charge is 2.34. The van der Waals surface area contributed by atoms with Crippen molar-refractivity contribution in [1.82, 2.24) is 25.9 Å². The second kappa shape index (κ2) is 5.19. The number of carbonyl (C=O) groups is 1. The minimum Gasteiger partial charge on any atom is -0.349 e. The van der Waals surface area contributed by atoms with Gasteiger partial charge in [0.15, 0.2) is 5.82 Å². The van der Waals surface area contributed by atoms with E-state index in [-0.39, 0.29) is 11.9 Å². The van der Waals surface area contributed by atoms with Crippen molar-refractivity contribution in [3.05, 3.63) is 40.2 Å². The summed E-state index contributed by atoms with van der Waals surface area (Å²) in [7, 11) is 0. The Labute approximate surface area is 128 Å². The van der Waals surface area contributed by atoms with Crippen LogP contribution in [0.4, 0.5) is 0 Å². The summed E-state index contributed by atoms with van der Waals surface area (Å²) in [4.78, 5) is 12.6. The van der Waals surface area contributed by atoms with Crippen LogP contribution in [0.3, 0.4) is 0 Å². The molecule has 1 saturated carbocycles. The Morgan fingerprint density at radius 2 is 2.09 bits per heavy atom. The molecule has 0 spiro atoms. The van der Waals surface area contributed by atoms with Crippen LogP contribution in [0.15, 0.2) is 12.1 Å². The lowest BCUT2D eigenvalue weighted by Crippen LogP contribution is -2.43. The highest BCUT2D eigenvalue weighted by Crippen LogP contribution is 2.35. The molecule has 0 unspecified atom stereocenters. The zero-order valence-electron chi connectivity index (χ0n) is 12.6. The molecule has 2 aliphatic carbocycles. The molecule has 0 saturated heterocycles. The van der Waals surface area contributed by atoms with Gasteiger partial charge in [0.2, 0.25) is 0 Å². The van der Waals surface area contributed by atoms with E-state index in [1.54, 1.807) is 0 Å². The Balaban J connectivity index is 1.43. The normalized spacial score (nSPS) is 23.0. The number of aromatic nitrogens is 4. The van der Waals surface area contributed by atoms with Crippen LogP contribution in [-0.4, -0.2) is 32.6 Å². The topological polar surface area (TPSA) is 83.6 Å². The van der Waals surface area contributed by atoms with Crippen LogP contribution in [0, 0.1) is 6.92 Å². The minimum absolute atomic E-state index is 0.0645. The van der Waals surface area contributed by atoms with Crippen molar-refractivity contribution in [3.8, 4) is 0 Å². The molecule has 6 nitrogen and oxygen atoms in total. The van der Waals surface area contributed by atoms with E-state index in [2.05, 4.69) is 38.9 Å². The molecule has 6 heteroatoms. The number of nitrogens with one attached hydrogen (secondary N) is 2. The van der Waals surface area contributed by atoms with E-state index in [4.69, 9.17) is 0 Å². The summed E-state index contributed by atoms with van der Waals surface area (Å²) in [5.41, 5.74) is 4.81. The molecule has 2 N–H and O–H groups in total. The Morgan fingerprint density at radius 1 is 1.27 bits per heavy atom. The lowest BCUT2D eigenvalue weighted by atomic mass is 9.79. The van der Waals surface area contributed by atoms with Gasteiger partial charge in [0, 0.05) is 17.5 Å². The Hall–Kier alpha value is -2.24. The standard InChI is InChI=1S/C16H19N5O/c1-9-5-6-14(13-4-2-3-12(9)13)16(22)17-11-7-10(8-11)15-18-20-21-19-15/h5-6,10-11H,2-4,7-8H2,1H3,(H,17,22)(H,18,19,20,21). The lowest BCUT2D eigenvalue weighted by Gasteiger charge is -2.33. The molecule has 1 fully saturated rings. The number of benzene rings is 1. The van der Waals surface area contributed by atoms with Crippen LogP contribution >= 0.6 is 0 Å². The van der Waals surface area contributed by atoms with E-state index < -0.39 is 0 Å². The quantitative estimate of drug-likeness (QED) is 0.902. The van der Waals surface area contributed by atoms with Crippen LogP contribution in [0.1, 0.15) is 58.1 Å². The average molecular weight is 297 g/mol. The number of hydrogen-bond acceptors (Lipinski definition) is 4. The predicted molar refractivity (Wildman–Crippen MR) is 80.6 cm³/mol. The fourth-order valence-electron chi connectivity index (χ4n) is 3.65. The van der Waals surface area contributed by atoms with Crippen LogP contribution in [0.25, 0.3) is 0 Å². The predicted octanol–water partition coefficient (Wildman–Crippen LogP) is 1.67. The second-order valence-electron chi connectivity index (χ2n) is 6.35. The number of hydrogen-bond donors (Lipinski definition) is 2. The summed E-state index contributed by atoms with van der Waals surface area (Å²) in [6, 6.07) is 4.26. The van der Waals surface area contributed by atoms with Gasteiger partial charge in [-0.3, -0.25) is 4.79 Å². The van der Waals surface area contributed by atoms with Crippen molar-refractivity contribution < 1.29 is 4.79 Å². The molecule has 114 valence electrons. The van der Waals surface area contributed by atoms with E-state index >= 15 is 0 Å². The van der Waals surface area contributed by atoms with Gasteiger partial charge >= 0.3 is 0 Å². The van der Waals surface area contributed by atoms with Crippen molar-refractivity contribution in [2.45, 2.75) is 51.0 Å². The molecule has 0 radical (unpaired) electrons. The summed E-state index contributed by atoms with van der Waals surface area (Å²) >= 11 is 0. The maximum absolute atomic E-state index is 12.6. The third-order valence-electron chi connectivity index (χ3n) is 4.96. The summed E-state index contributed by atoms with van der Waals surface area (Å²) in [6.07, 6.45) is 5.06. The zero-order valence-corrected chi connectivity index (χ0v) is 12.6. The number of H-pyrrole nitrogens is 1. The molecule has 1 heterocycles. The van der Waals surface area contributed by atoms with Gasteiger partial charge in [0.25, 0.3) is 5.91 Å². The Bertz CT molecular complexity index is 704. The maximum Gasteiger partial charge on any atom is 0.251 e. The first kappa shape index (κ1) is 13.4. The van der Waals surface area contributed by atoms with Gasteiger partial charge in [-0.1, -0.05) is 11.3 Å². The molecule has 0 bridgehead atoms. The summed E-state index contributed by atoms with van der Waals surface area (Å²) in [5.74, 6) is 1.13. The summed E-state index contributed by atoms with van der Waals surface area (Å²) in [6.45, 7) is 2.13. The van der Waals surface area contributed by atoms with Gasteiger partial charge in [-0.25, -0.2) is 0 Å². The zero-order chi connectivity index (χ0) is 15.1. The second-order valence-corrected chi connectivity index (χ2v) is 6.35. The number of tetrazole rings is 1. The average Bonchev–Trinajstić information content (AvgIpc) is 3.13. The van der Waals surface area contributed by atoms with Gasteiger partial charge in [-0.2, -0.15) is 5.21 Å². The van der Waals surface area contributed by atoms with Gasteiger partial charge in [-0.15, -0.1) is 10.2 Å². The number of aryl methyl sites for hydroxylation is 1. The van der Waals surface area contributed by atoms with Crippen LogP contribution in [0.5, 0.6) is 0 Å². The van der Waals surface area contributed by atoms with E-state index in [0.717, 1.165) is 43.5 Å². The first-order valence-electron chi connectivity index (χ1n) is 7.88. The molecule has 4 rings (SSSR count). The van der Waals surface area contributed by atoms with E-state index in [1.165, 1.54) is 16.7 Å². The van der Waals surface area contributed by atoms with Crippen LogP contribution in [-0.2, 0) is 12.8 Å². The third-order valence-corrected chi connectivity index (χ3v) is 4.96. The van der Waals surface area contributed by atoms with Crippen molar-refractivity contribution in [3.63, 3.8) is 0 Å². The van der Waals surface area contributed by atoms with Crippen LogP contribution < -0.4 is 5.32 Å². The maximum atomic E-state index is 12.6. The highest BCUT2D eigenvalue weighted by molar-refractivity contribution is 5.96. The van der Waals surface area contributed by atoms with Gasteiger partial charge < -0.3 is 5.32 Å². The van der Waals surface area contributed by atoms with E-state index in [0.29, 0.717) is 5.92 Å². The molecule has 0 aliphatic heterocycles. The summed E-state index contributed by atoms with van der Waals surface area (Å²) < 4.78 is 0. The monoisotopic (exact) mass is 297 g/mol. The number of fused-ring (bicyclic) bond motifs is 1. The Morgan fingerprint density at radius 3 is 2.86 bits per heavy atom. The van der Waals surface area contributed by atoms with Crippen molar-refractivity contribution in [2.75, 3.05) is 0 Å². The first-order valence-corrected chi connectivity index (χ1v) is 7.88. The first-order chi connectivity index (χ1) is 10.7. The number of amides is 1. The van der Waals surface area contributed by atoms with Crippen molar-refractivity contribution in [1.29, 1.82) is 0 Å². The number of carbonyl (C=O) groups excluding carboxylic acids is 1. The molecule has 2 aromatic rings. The SMILES string of the molecule is Cc1ccc(C(=O)NC2CC(c3nn[nH]n3)C2)c2c1CCC2. The van der Waals surface area contributed by atoms with Gasteiger partial charge in [-0.05, 0) is 61.8 Å². The van der Waals surface area contributed by atoms with E-state index in [9.17, 15) is 4.79 Å². The number of aromatic amines is 1. The number of nitrogens with zero attached hydrogens (tertiary/aromatic N) is 3. The molecular weight excluding hydrogens is 278 g/mol. The largest absolute Gasteiger partial charge is 0.349 e. The van der Waals surface area contributed by atoms with Gasteiger partial charge in [0.05, 0.1) is 0 Å².